The van der Waals surface area contributed by atoms with Crippen LogP contribution in [0.15, 0.2) is 33.6 Å². The SMILES string of the molecule is CNC(=O)Cn1cc(NC(=O)c2ccc(Br)o2)cn1. The average Bonchev–Trinajstić information content (AvgIpc) is 2.98. The van der Waals surface area contributed by atoms with Crippen LogP contribution in [-0.2, 0) is 11.3 Å². The van der Waals surface area contributed by atoms with Crippen molar-refractivity contribution in [3.05, 3.63) is 35.0 Å². The molecule has 2 aromatic rings. The standard InChI is InChI=1S/C11H11BrN4O3/c1-13-10(17)6-16-5-7(4-14-16)15-11(18)8-2-3-9(12)19-8/h2-5H,6H2,1H3,(H,13,17)(H,15,18). The summed E-state index contributed by atoms with van der Waals surface area (Å²) in [6.07, 6.45) is 3.02. The smallest absolute Gasteiger partial charge is 0.291 e. The van der Waals surface area contributed by atoms with E-state index in [-0.39, 0.29) is 24.1 Å². The summed E-state index contributed by atoms with van der Waals surface area (Å²) in [6.45, 7) is 0.0959. The van der Waals surface area contributed by atoms with Gasteiger partial charge in [-0.05, 0) is 28.1 Å². The summed E-state index contributed by atoms with van der Waals surface area (Å²) < 4.78 is 7.02. The predicted octanol–water partition coefficient (Wildman–Crippen LogP) is 1.24. The van der Waals surface area contributed by atoms with Crippen molar-refractivity contribution in [2.45, 2.75) is 6.54 Å². The number of carbonyl (C=O) groups excluding carboxylic acids is 2. The number of nitrogens with zero attached hydrogens (tertiary/aromatic N) is 2. The third-order valence-electron chi connectivity index (χ3n) is 2.27. The molecule has 8 heteroatoms. The first-order valence-corrected chi connectivity index (χ1v) is 6.17. The van der Waals surface area contributed by atoms with Crippen molar-refractivity contribution in [2.75, 3.05) is 12.4 Å². The largest absolute Gasteiger partial charge is 0.444 e. The minimum Gasteiger partial charge on any atom is -0.444 e. The van der Waals surface area contributed by atoms with Crippen LogP contribution in [0.25, 0.3) is 0 Å². The number of rotatable bonds is 4. The summed E-state index contributed by atoms with van der Waals surface area (Å²) in [5.74, 6) is -0.368. The van der Waals surface area contributed by atoms with Gasteiger partial charge in [-0.15, -0.1) is 0 Å². The van der Waals surface area contributed by atoms with E-state index in [0.717, 1.165) is 0 Å². The number of aromatic nitrogens is 2. The zero-order chi connectivity index (χ0) is 13.8. The van der Waals surface area contributed by atoms with Gasteiger partial charge in [0.2, 0.25) is 5.91 Å². The third-order valence-corrected chi connectivity index (χ3v) is 2.70. The lowest BCUT2D eigenvalue weighted by atomic mass is 10.4. The molecule has 2 amide bonds. The molecule has 0 aliphatic rings. The molecule has 2 rings (SSSR count). The summed E-state index contributed by atoms with van der Waals surface area (Å²) >= 11 is 3.12. The minimum absolute atomic E-state index is 0.0959. The summed E-state index contributed by atoms with van der Waals surface area (Å²) in [5, 5.41) is 9.06. The number of nitrogens with one attached hydrogen (secondary N) is 2. The van der Waals surface area contributed by atoms with E-state index in [1.807, 2.05) is 0 Å². The molecule has 0 aliphatic carbocycles. The Morgan fingerprint density at radius 1 is 1.47 bits per heavy atom. The number of anilines is 1. The van der Waals surface area contributed by atoms with Crippen LogP contribution >= 0.6 is 15.9 Å². The summed E-state index contributed by atoms with van der Waals surface area (Å²) in [5.41, 5.74) is 0.487. The lowest BCUT2D eigenvalue weighted by Gasteiger charge is -2.00. The van der Waals surface area contributed by atoms with Gasteiger partial charge in [-0.25, -0.2) is 0 Å². The molecular formula is C11H11BrN4O3. The predicted molar refractivity (Wildman–Crippen MR) is 70.7 cm³/mol. The van der Waals surface area contributed by atoms with Gasteiger partial charge in [-0.2, -0.15) is 5.10 Å². The van der Waals surface area contributed by atoms with Gasteiger partial charge in [-0.1, -0.05) is 0 Å². The van der Waals surface area contributed by atoms with E-state index in [4.69, 9.17) is 4.42 Å². The number of halogens is 1. The highest BCUT2D eigenvalue weighted by Crippen LogP contribution is 2.15. The fourth-order valence-electron chi connectivity index (χ4n) is 1.37. The van der Waals surface area contributed by atoms with Crippen LogP contribution in [0.3, 0.4) is 0 Å². The Kier molecular flexibility index (Phi) is 4.00. The van der Waals surface area contributed by atoms with E-state index in [2.05, 4.69) is 31.7 Å². The Bertz CT molecular complexity index is 605. The molecule has 0 aliphatic heterocycles. The Morgan fingerprint density at radius 2 is 2.26 bits per heavy atom. The summed E-state index contributed by atoms with van der Waals surface area (Å²) in [6, 6.07) is 3.18. The van der Waals surface area contributed by atoms with Gasteiger partial charge >= 0.3 is 0 Å². The van der Waals surface area contributed by atoms with Crippen LogP contribution in [0.5, 0.6) is 0 Å². The fraction of sp³-hybridized carbons (Fsp3) is 0.182. The first-order valence-electron chi connectivity index (χ1n) is 5.38. The summed E-state index contributed by atoms with van der Waals surface area (Å²) in [4.78, 5) is 22.9. The molecule has 0 spiro atoms. The maximum Gasteiger partial charge on any atom is 0.291 e. The molecule has 7 nitrogen and oxygen atoms in total. The van der Waals surface area contributed by atoms with Crippen molar-refractivity contribution in [2.24, 2.45) is 0 Å². The minimum atomic E-state index is -0.384. The number of amides is 2. The Balaban J connectivity index is 2.00. The fourth-order valence-corrected chi connectivity index (χ4v) is 1.68. The van der Waals surface area contributed by atoms with Crippen LogP contribution in [0.2, 0.25) is 0 Å². The van der Waals surface area contributed by atoms with Gasteiger partial charge in [0.25, 0.3) is 5.91 Å². The molecule has 2 aromatic heterocycles. The van der Waals surface area contributed by atoms with Gasteiger partial charge in [0.1, 0.15) is 6.54 Å². The Labute approximate surface area is 117 Å². The molecule has 0 fully saturated rings. The highest BCUT2D eigenvalue weighted by molar-refractivity contribution is 9.10. The molecule has 19 heavy (non-hydrogen) atoms. The van der Waals surface area contributed by atoms with E-state index in [1.54, 1.807) is 25.4 Å². The van der Waals surface area contributed by atoms with Crippen molar-refractivity contribution in [3.8, 4) is 0 Å². The molecule has 0 saturated carbocycles. The van der Waals surface area contributed by atoms with Crippen LogP contribution in [0.4, 0.5) is 5.69 Å². The number of hydrogen-bond donors (Lipinski definition) is 2. The first kappa shape index (κ1) is 13.3. The maximum absolute atomic E-state index is 11.8. The second-order valence-electron chi connectivity index (χ2n) is 3.66. The highest BCUT2D eigenvalue weighted by Gasteiger charge is 2.12. The zero-order valence-corrected chi connectivity index (χ0v) is 11.6. The maximum atomic E-state index is 11.8. The molecule has 2 N–H and O–H groups in total. The van der Waals surface area contributed by atoms with Crippen molar-refractivity contribution >= 4 is 33.4 Å². The normalized spacial score (nSPS) is 10.2. The molecule has 0 unspecified atom stereocenters. The third kappa shape index (κ3) is 3.44. The zero-order valence-electron chi connectivity index (χ0n) is 10.0. The average molecular weight is 327 g/mol. The van der Waals surface area contributed by atoms with E-state index in [1.165, 1.54) is 10.9 Å². The first-order chi connectivity index (χ1) is 9.08. The Hall–Kier alpha value is -2.09. The van der Waals surface area contributed by atoms with Crippen LogP contribution < -0.4 is 10.6 Å². The highest BCUT2D eigenvalue weighted by atomic mass is 79.9. The quantitative estimate of drug-likeness (QED) is 0.884. The van der Waals surface area contributed by atoms with Gasteiger partial charge in [0.15, 0.2) is 10.4 Å². The second kappa shape index (κ2) is 5.70. The van der Waals surface area contributed by atoms with E-state index in [9.17, 15) is 9.59 Å². The lowest BCUT2D eigenvalue weighted by molar-refractivity contribution is -0.121. The van der Waals surface area contributed by atoms with E-state index in [0.29, 0.717) is 10.4 Å². The number of likely N-dealkylation sites (N-methyl/N-ethyl adjacent to an activating group) is 1. The van der Waals surface area contributed by atoms with Crippen LogP contribution in [0.1, 0.15) is 10.6 Å². The molecule has 0 aromatic carbocycles. The number of hydrogen-bond acceptors (Lipinski definition) is 4. The lowest BCUT2D eigenvalue weighted by Crippen LogP contribution is -2.23. The van der Waals surface area contributed by atoms with Crippen molar-refractivity contribution in [1.82, 2.24) is 15.1 Å². The van der Waals surface area contributed by atoms with Gasteiger partial charge in [0, 0.05) is 13.2 Å². The van der Waals surface area contributed by atoms with Crippen LogP contribution in [-0.4, -0.2) is 28.6 Å². The van der Waals surface area contributed by atoms with Gasteiger partial charge in [0.05, 0.1) is 11.9 Å². The van der Waals surface area contributed by atoms with Crippen LogP contribution in [0, 0.1) is 0 Å². The number of carbonyl (C=O) groups is 2. The summed E-state index contributed by atoms with van der Waals surface area (Å²) in [7, 11) is 1.54. The number of furan rings is 1. The van der Waals surface area contributed by atoms with E-state index >= 15 is 0 Å². The molecule has 2 heterocycles. The second-order valence-corrected chi connectivity index (χ2v) is 4.44. The van der Waals surface area contributed by atoms with Crippen molar-refractivity contribution < 1.29 is 14.0 Å². The van der Waals surface area contributed by atoms with Crippen molar-refractivity contribution in [1.29, 1.82) is 0 Å². The molecule has 0 bridgehead atoms. The topological polar surface area (TPSA) is 89.2 Å². The van der Waals surface area contributed by atoms with E-state index < -0.39 is 0 Å². The van der Waals surface area contributed by atoms with Gasteiger partial charge in [-0.3, -0.25) is 14.3 Å². The molecule has 0 saturated heterocycles. The molecule has 0 radical (unpaired) electrons. The monoisotopic (exact) mass is 326 g/mol. The molecular weight excluding hydrogens is 316 g/mol. The van der Waals surface area contributed by atoms with Crippen molar-refractivity contribution in [3.63, 3.8) is 0 Å². The molecule has 0 atom stereocenters. The van der Waals surface area contributed by atoms with Gasteiger partial charge < -0.3 is 15.1 Å². The Morgan fingerprint density at radius 3 is 2.89 bits per heavy atom. The molecule has 100 valence electrons.